The minimum absolute atomic E-state index is 0.0742. The Hall–Kier alpha value is -3.77. The number of hydrogen-bond donors (Lipinski definition) is 4. The maximum Gasteiger partial charge on any atom is 0.552 e. The second kappa shape index (κ2) is 13.2. The van der Waals surface area contributed by atoms with E-state index in [2.05, 4.69) is 20.9 Å². The Labute approximate surface area is 221 Å². The van der Waals surface area contributed by atoms with E-state index in [1.807, 2.05) is 44.2 Å². The van der Waals surface area contributed by atoms with Crippen molar-refractivity contribution in [2.75, 3.05) is 7.05 Å². The average molecular weight is 524 g/mol. The van der Waals surface area contributed by atoms with Crippen LogP contribution in [-0.4, -0.2) is 72.1 Å². The highest BCUT2D eigenvalue weighted by molar-refractivity contribution is 6.51. The van der Waals surface area contributed by atoms with Crippen molar-refractivity contribution in [3.8, 4) is 11.3 Å². The highest BCUT2D eigenvalue weighted by Gasteiger charge is 2.47. The van der Waals surface area contributed by atoms with Gasteiger partial charge in [0.2, 0.25) is 11.8 Å². The molecule has 0 radical (unpaired) electrons. The number of nitrogens with one attached hydrogen (secondary N) is 3. The molecule has 0 spiro atoms. The Morgan fingerprint density at radius 1 is 1.05 bits per heavy atom. The van der Waals surface area contributed by atoms with Crippen LogP contribution in [0.3, 0.4) is 0 Å². The Balaban J connectivity index is 1.72. The minimum Gasteiger partial charge on any atom is -0.506 e. The van der Waals surface area contributed by atoms with Crippen molar-refractivity contribution in [3.05, 3.63) is 54.2 Å². The van der Waals surface area contributed by atoms with Gasteiger partial charge in [0.15, 0.2) is 0 Å². The molecule has 1 unspecified atom stereocenters. The lowest BCUT2D eigenvalue weighted by Crippen LogP contribution is -2.57. The first-order valence-electron chi connectivity index (χ1n) is 12.5. The molecule has 0 saturated carbocycles. The topological polar surface area (TPSA) is 156 Å². The van der Waals surface area contributed by atoms with Crippen LogP contribution in [0.4, 0.5) is 0 Å². The van der Waals surface area contributed by atoms with Crippen molar-refractivity contribution in [3.63, 3.8) is 0 Å². The largest absolute Gasteiger partial charge is 0.552 e. The molecule has 1 saturated heterocycles. The van der Waals surface area contributed by atoms with Gasteiger partial charge >= 0.3 is 13.1 Å². The summed E-state index contributed by atoms with van der Waals surface area (Å²) in [5.41, 5.74) is 1.48. The molecule has 12 heteroatoms. The zero-order chi connectivity index (χ0) is 27.8. The van der Waals surface area contributed by atoms with Crippen LogP contribution >= 0.6 is 0 Å². The fourth-order valence-corrected chi connectivity index (χ4v) is 3.98. The molecule has 0 aliphatic carbocycles. The summed E-state index contributed by atoms with van der Waals surface area (Å²) in [6, 6.07) is 13.0. The van der Waals surface area contributed by atoms with Gasteiger partial charge in [0.05, 0.1) is 24.2 Å². The normalized spacial score (nSPS) is 17.4. The lowest BCUT2D eigenvalue weighted by atomic mass is 9.74. The smallest absolute Gasteiger partial charge is 0.506 e. The number of amides is 3. The zero-order valence-electron chi connectivity index (χ0n) is 21.8. The molecule has 2 aromatic rings. The third-order valence-electron chi connectivity index (χ3n) is 5.93. The Bertz CT molecular complexity index is 1150. The highest BCUT2D eigenvalue weighted by atomic mass is 16.7. The van der Waals surface area contributed by atoms with Crippen LogP contribution < -0.4 is 16.0 Å². The number of benzene rings is 1. The van der Waals surface area contributed by atoms with E-state index in [9.17, 15) is 24.3 Å². The summed E-state index contributed by atoms with van der Waals surface area (Å²) >= 11 is 0. The number of hydrogen-bond acceptors (Lipinski definition) is 8. The van der Waals surface area contributed by atoms with Crippen LogP contribution in [0.25, 0.3) is 11.3 Å². The van der Waals surface area contributed by atoms with Crippen LogP contribution in [0.1, 0.15) is 44.1 Å². The van der Waals surface area contributed by atoms with Crippen LogP contribution in [-0.2, 0) is 23.7 Å². The monoisotopic (exact) mass is 524 g/mol. The van der Waals surface area contributed by atoms with Gasteiger partial charge in [-0.2, -0.15) is 0 Å². The molecule has 2 heterocycles. The molecule has 1 aromatic heterocycles. The van der Waals surface area contributed by atoms with Crippen LogP contribution in [0.15, 0.2) is 48.5 Å². The first kappa shape index (κ1) is 28.8. The molecule has 38 heavy (non-hydrogen) atoms. The predicted molar refractivity (Wildman–Crippen MR) is 139 cm³/mol. The summed E-state index contributed by atoms with van der Waals surface area (Å²) in [6.07, 6.45) is -2.18. The van der Waals surface area contributed by atoms with Crippen molar-refractivity contribution in [1.82, 2.24) is 20.9 Å². The van der Waals surface area contributed by atoms with Gasteiger partial charge in [-0.25, -0.2) is 4.98 Å². The number of rotatable bonds is 11. The first-order chi connectivity index (χ1) is 18.1. The van der Waals surface area contributed by atoms with Gasteiger partial charge in [0.1, 0.15) is 17.8 Å². The number of pyridine rings is 1. The van der Waals surface area contributed by atoms with Gasteiger partial charge in [0.25, 0.3) is 5.91 Å². The van der Waals surface area contributed by atoms with Crippen LogP contribution in [0.2, 0.25) is 0 Å². The summed E-state index contributed by atoms with van der Waals surface area (Å²) in [6.45, 7) is 5.20. The van der Waals surface area contributed by atoms with Gasteiger partial charge in [0, 0.05) is 12.6 Å². The van der Waals surface area contributed by atoms with E-state index < -0.39 is 49.1 Å². The zero-order valence-corrected chi connectivity index (χ0v) is 21.8. The van der Waals surface area contributed by atoms with Gasteiger partial charge in [-0.15, -0.1) is 0 Å². The number of carbonyl (C=O) groups is 4. The van der Waals surface area contributed by atoms with E-state index in [-0.39, 0.29) is 23.9 Å². The van der Waals surface area contributed by atoms with E-state index in [1.165, 1.54) is 20.0 Å². The van der Waals surface area contributed by atoms with Crippen molar-refractivity contribution >= 4 is 30.8 Å². The highest BCUT2D eigenvalue weighted by Crippen LogP contribution is 2.20. The Morgan fingerprint density at radius 2 is 1.76 bits per heavy atom. The van der Waals surface area contributed by atoms with Crippen molar-refractivity contribution in [2.24, 2.45) is 5.92 Å². The summed E-state index contributed by atoms with van der Waals surface area (Å²) in [7, 11) is 0.317. The lowest BCUT2D eigenvalue weighted by molar-refractivity contribution is -0.139. The molecule has 0 bridgehead atoms. The maximum absolute atomic E-state index is 13.2. The summed E-state index contributed by atoms with van der Waals surface area (Å²) in [4.78, 5) is 54.5. The lowest BCUT2D eigenvalue weighted by Gasteiger charge is -2.26. The predicted octanol–water partition coefficient (Wildman–Crippen LogP) is 0.864. The summed E-state index contributed by atoms with van der Waals surface area (Å²) < 4.78 is 11.0. The van der Waals surface area contributed by atoms with Crippen molar-refractivity contribution in [1.29, 1.82) is 0 Å². The fourth-order valence-electron chi connectivity index (χ4n) is 3.98. The number of aliphatic hydroxyl groups is 1. The van der Waals surface area contributed by atoms with Gasteiger partial charge < -0.3 is 30.4 Å². The second-order valence-corrected chi connectivity index (χ2v) is 9.52. The van der Waals surface area contributed by atoms with Gasteiger partial charge in [-0.05, 0) is 31.4 Å². The SMILES string of the molecule is CNC(=O)C[C@H]1OB([C@H](CC(C)C)NC(=O)C(NC(=O)c2cccc(-c3ccccc3)n2)[C@@H](C)O)OC1=O. The standard InChI is InChI=1S/C26H33BN4O7/c1-15(2)13-21(27-37-20(26(36)38-27)14-22(33)28-4)30-25(35)23(16(3)32)31-24(34)19-12-8-11-18(29-19)17-9-6-5-7-10-17/h5-12,15-16,20-21,23,32H,13-14H2,1-4H3,(H,28,33)(H,30,35)(H,31,34)/t16-,20-,21+,23?/m1/s1. The van der Waals surface area contributed by atoms with E-state index >= 15 is 0 Å². The number of carbonyl (C=O) groups excluding carboxylic acids is 4. The Kier molecular flexibility index (Phi) is 9.97. The van der Waals surface area contributed by atoms with E-state index in [0.717, 1.165) is 5.56 Å². The molecule has 1 aliphatic heterocycles. The number of aliphatic hydroxyl groups excluding tert-OH is 1. The van der Waals surface area contributed by atoms with E-state index in [4.69, 9.17) is 9.31 Å². The van der Waals surface area contributed by atoms with E-state index in [1.54, 1.807) is 12.1 Å². The van der Waals surface area contributed by atoms with E-state index in [0.29, 0.717) is 12.1 Å². The van der Waals surface area contributed by atoms with Crippen molar-refractivity contribution < 1.29 is 33.6 Å². The molecule has 202 valence electrons. The molecular weight excluding hydrogens is 491 g/mol. The quantitative estimate of drug-likeness (QED) is 0.316. The summed E-state index contributed by atoms with van der Waals surface area (Å²) in [5.74, 6) is -3.12. The van der Waals surface area contributed by atoms with Crippen LogP contribution in [0.5, 0.6) is 0 Å². The molecule has 1 fully saturated rings. The molecule has 11 nitrogen and oxygen atoms in total. The van der Waals surface area contributed by atoms with Crippen LogP contribution in [0, 0.1) is 5.92 Å². The third kappa shape index (κ3) is 7.62. The number of nitrogens with zero attached hydrogens (tertiary/aromatic N) is 1. The molecule has 4 N–H and O–H groups in total. The molecule has 3 amide bonds. The molecule has 1 aromatic carbocycles. The fraction of sp³-hybridized carbons (Fsp3) is 0.423. The number of aromatic nitrogens is 1. The van der Waals surface area contributed by atoms with Crippen molar-refractivity contribution in [2.45, 2.75) is 57.8 Å². The maximum atomic E-state index is 13.2. The Morgan fingerprint density at radius 3 is 2.39 bits per heavy atom. The second-order valence-electron chi connectivity index (χ2n) is 9.52. The van der Waals surface area contributed by atoms with Gasteiger partial charge in [-0.1, -0.05) is 50.2 Å². The molecule has 1 aliphatic rings. The minimum atomic E-state index is -1.32. The summed E-state index contributed by atoms with van der Waals surface area (Å²) in [5, 5.41) is 18.0. The molecular formula is C26H33BN4O7. The molecule has 3 rings (SSSR count). The first-order valence-corrected chi connectivity index (χ1v) is 12.5. The third-order valence-corrected chi connectivity index (χ3v) is 5.93. The van der Waals surface area contributed by atoms with Gasteiger partial charge in [-0.3, -0.25) is 19.2 Å². The molecule has 4 atom stereocenters. The average Bonchev–Trinajstić information content (AvgIpc) is 3.26.